The van der Waals surface area contributed by atoms with Crippen LogP contribution in [0.1, 0.15) is 34.3 Å². The van der Waals surface area contributed by atoms with Crippen LogP contribution in [0.5, 0.6) is 0 Å². The molecule has 1 aliphatic heterocycles. The predicted molar refractivity (Wildman–Crippen MR) is 99.9 cm³/mol. The molecule has 3 rings (SSSR count). The molecule has 126 valence electrons. The number of anilines is 1. The number of aryl methyl sites for hydroxylation is 2. The molecule has 3 nitrogen and oxygen atoms in total. The monoisotopic (exact) mass is 342 g/mol. The van der Waals surface area contributed by atoms with Gasteiger partial charge in [-0.05, 0) is 74.2 Å². The second-order valence-corrected chi connectivity index (χ2v) is 7.03. The summed E-state index contributed by atoms with van der Waals surface area (Å²) >= 11 is 5.89. The van der Waals surface area contributed by atoms with Crippen molar-refractivity contribution in [2.45, 2.75) is 32.7 Å². The van der Waals surface area contributed by atoms with Crippen molar-refractivity contribution < 1.29 is 4.79 Å². The Kier molecular flexibility index (Phi) is 5.10. The molecule has 2 aromatic rings. The number of nitrogens with zero attached hydrogens (tertiary/aromatic N) is 1. The topological polar surface area (TPSA) is 32.3 Å². The molecule has 1 saturated heterocycles. The van der Waals surface area contributed by atoms with Crippen LogP contribution in [0, 0.1) is 13.8 Å². The van der Waals surface area contributed by atoms with Crippen molar-refractivity contribution in [3.63, 3.8) is 0 Å². The molecular formula is C20H23ClN2O. The number of amides is 1. The van der Waals surface area contributed by atoms with E-state index in [1.54, 1.807) is 24.3 Å². The lowest BCUT2D eigenvalue weighted by atomic mass is 10.0. The van der Waals surface area contributed by atoms with Gasteiger partial charge in [-0.2, -0.15) is 0 Å². The molecule has 0 atom stereocenters. The van der Waals surface area contributed by atoms with Crippen molar-refractivity contribution in [3.8, 4) is 0 Å². The minimum Gasteiger partial charge on any atom is -0.382 e. The first kappa shape index (κ1) is 16.8. The van der Waals surface area contributed by atoms with Crippen molar-refractivity contribution in [2.24, 2.45) is 0 Å². The van der Waals surface area contributed by atoms with E-state index in [4.69, 9.17) is 11.6 Å². The number of nitrogens with one attached hydrogen (secondary N) is 1. The standard InChI is InChI=1S/C20H23ClN2O/c1-14-11-15(2)13-19(12-14)22-18-7-9-23(10-8-18)20(24)16-3-5-17(21)6-4-16/h3-6,11-13,18,22H,7-10H2,1-2H3. The number of piperidine rings is 1. The molecule has 0 spiro atoms. The third-order valence-corrected chi connectivity index (χ3v) is 4.72. The van der Waals surface area contributed by atoms with E-state index in [-0.39, 0.29) is 5.91 Å². The van der Waals surface area contributed by atoms with Crippen LogP contribution in [-0.4, -0.2) is 29.9 Å². The summed E-state index contributed by atoms with van der Waals surface area (Å²) in [5.74, 6) is 0.0940. The normalized spacial score (nSPS) is 15.4. The number of likely N-dealkylation sites (tertiary alicyclic amines) is 1. The van der Waals surface area contributed by atoms with Gasteiger partial charge in [-0.25, -0.2) is 0 Å². The highest BCUT2D eigenvalue weighted by Gasteiger charge is 2.23. The molecule has 0 bridgehead atoms. The van der Waals surface area contributed by atoms with Gasteiger partial charge in [0.2, 0.25) is 0 Å². The average molecular weight is 343 g/mol. The van der Waals surface area contributed by atoms with Crippen molar-refractivity contribution >= 4 is 23.2 Å². The summed E-state index contributed by atoms with van der Waals surface area (Å²) in [6.07, 6.45) is 1.93. The predicted octanol–water partition coefficient (Wildman–Crippen LogP) is 4.67. The maximum atomic E-state index is 12.5. The number of carbonyl (C=O) groups is 1. The van der Waals surface area contributed by atoms with Gasteiger partial charge in [-0.1, -0.05) is 17.7 Å². The van der Waals surface area contributed by atoms with E-state index >= 15 is 0 Å². The second kappa shape index (κ2) is 7.27. The largest absolute Gasteiger partial charge is 0.382 e. The minimum absolute atomic E-state index is 0.0940. The van der Waals surface area contributed by atoms with Crippen LogP contribution < -0.4 is 5.32 Å². The number of hydrogen-bond acceptors (Lipinski definition) is 2. The van der Waals surface area contributed by atoms with Crippen molar-refractivity contribution in [1.82, 2.24) is 4.90 Å². The first-order valence-corrected chi connectivity index (χ1v) is 8.79. The fourth-order valence-corrected chi connectivity index (χ4v) is 3.42. The first-order chi connectivity index (χ1) is 11.5. The lowest BCUT2D eigenvalue weighted by Crippen LogP contribution is -2.42. The zero-order valence-corrected chi connectivity index (χ0v) is 14.9. The fraction of sp³-hybridized carbons (Fsp3) is 0.350. The SMILES string of the molecule is Cc1cc(C)cc(NC2CCN(C(=O)c3ccc(Cl)cc3)CC2)c1. The smallest absolute Gasteiger partial charge is 0.253 e. The molecule has 1 fully saturated rings. The molecule has 1 N–H and O–H groups in total. The number of carbonyl (C=O) groups excluding carboxylic acids is 1. The summed E-state index contributed by atoms with van der Waals surface area (Å²) in [7, 11) is 0. The molecule has 1 heterocycles. The maximum Gasteiger partial charge on any atom is 0.253 e. The Hall–Kier alpha value is -2.00. The third kappa shape index (κ3) is 4.09. The van der Waals surface area contributed by atoms with Crippen LogP contribution in [0.2, 0.25) is 5.02 Å². The molecule has 1 aliphatic rings. The molecule has 0 radical (unpaired) electrons. The molecular weight excluding hydrogens is 320 g/mol. The van der Waals surface area contributed by atoms with E-state index in [0.717, 1.165) is 25.9 Å². The van der Waals surface area contributed by atoms with Crippen molar-refractivity contribution in [1.29, 1.82) is 0 Å². The van der Waals surface area contributed by atoms with Gasteiger partial charge < -0.3 is 10.2 Å². The van der Waals surface area contributed by atoms with E-state index in [9.17, 15) is 4.79 Å². The van der Waals surface area contributed by atoms with Gasteiger partial charge in [0.05, 0.1) is 0 Å². The quantitative estimate of drug-likeness (QED) is 0.878. The Morgan fingerprint density at radius 2 is 1.62 bits per heavy atom. The lowest BCUT2D eigenvalue weighted by molar-refractivity contribution is 0.0718. The number of hydrogen-bond donors (Lipinski definition) is 1. The summed E-state index contributed by atoms with van der Waals surface area (Å²) in [5, 5.41) is 4.27. The Balaban J connectivity index is 1.57. The Morgan fingerprint density at radius 3 is 2.21 bits per heavy atom. The molecule has 4 heteroatoms. The van der Waals surface area contributed by atoms with Crippen LogP contribution in [0.25, 0.3) is 0 Å². The highest BCUT2D eigenvalue weighted by molar-refractivity contribution is 6.30. The Bertz CT molecular complexity index is 699. The maximum absolute atomic E-state index is 12.5. The molecule has 1 amide bonds. The summed E-state index contributed by atoms with van der Waals surface area (Å²) in [6, 6.07) is 14.1. The molecule has 0 saturated carbocycles. The van der Waals surface area contributed by atoms with Crippen molar-refractivity contribution in [3.05, 3.63) is 64.2 Å². The molecule has 0 aromatic heterocycles. The van der Waals surface area contributed by atoms with Gasteiger partial charge in [0, 0.05) is 35.4 Å². The van der Waals surface area contributed by atoms with Gasteiger partial charge >= 0.3 is 0 Å². The first-order valence-electron chi connectivity index (χ1n) is 8.41. The van der Waals surface area contributed by atoms with Gasteiger partial charge in [-0.15, -0.1) is 0 Å². The fourth-order valence-electron chi connectivity index (χ4n) is 3.30. The Labute approximate surface area is 148 Å². The molecule has 24 heavy (non-hydrogen) atoms. The highest BCUT2D eigenvalue weighted by atomic mass is 35.5. The van der Waals surface area contributed by atoms with Gasteiger partial charge in [-0.3, -0.25) is 4.79 Å². The second-order valence-electron chi connectivity index (χ2n) is 6.59. The highest BCUT2D eigenvalue weighted by Crippen LogP contribution is 2.21. The van der Waals surface area contributed by atoms with E-state index in [1.807, 2.05) is 4.90 Å². The van der Waals surface area contributed by atoms with E-state index in [2.05, 4.69) is 37.4 Å². The van der Waals surface area contributed by atoms with Crippen LogP contribution >= 0.6 is 11.6 Å². The van der Waals surface area contributed by atoms with Gasteiger partial charge in [0.15, 0.2) is 0 Å². The number of rotatable bonds is 3. The summed E-state index contributed by atoms with van der Waals surface area (Å²) in [6.45, 7) is 5.80. The summed E-state index contributed by atoms with van der Waals surface area (Å²) in [5.41, 5.74) is 4.43. The van der Waals surface area contributed by atoms with Crippen molar-refractivity contribution in [2.75, 3.05) is 18.4 Å². The van der Waals surface area contributed by atoms with Gasteiger partial charge in [0.25, 0.3) is 5.91 Å². The summed E-state index contributed by atoms with van der Waals surface area (Å²) in [4.78, 5) is 14.5. The number of halogens is 1. The zero-order chi connectivity index (χ0) is 17.1. The van der Waals surface area contributed by atoms with Crippen LogP contribution in [0.4, 0.5) is 5.69 Å². The molecule has 0 unspecified atom stereocenters. The van der Waals surface area contributed by atoms with Gasteiger partial charge in [0.1, 0.15) is 0 Å². The molecule has 2 aromatic carbocycles. The third-order valence-electron chi connectivity index (χ3n) is 4.47. The van der Waals surface area contributed by atoms with Crippen LogP contribution in [-0.2, 0) is 0 Å². The van der Waals surface area contributed by atoms with E-state index in [1.165, 1.54) is 16.8 Å². The number of benzene rings is 2. The Morgan fingerprint density at radius 1 is 1.04 bits per heavy atom. The summed E-state index contributed by atoms with van der Waals surface area (Å²) < 4.78 is 0. The zero-order valence-electron chi connectivity index (χ0n) is 14.2. The minimum atomic E-state index is 0.0940. The van der Waals surface area contributed by atoms with Crippen LogP contribution in [0.3, 0.4) is 0 Å². The lowest BCUT2D eigenvalue weighted by Gasteiger charge is -2.33. The van der Waals surface area contributed by atoms with Crippen LogP contribution in [0.15, 0.2) is 42.5 Å². The van der Waals surface area contributed by atoms with E-state index in [0.29, 0.717) is 16.6 Å². The molecule has 0 aliphatic carbocycles. The average Bonchev–Trinajstić information content (AvgIpc) is 2.55. The van der Waals surface area contributed by atoms with E-state index < -0.39 is 0 Å².